The maximum absolute atomic E-state index is 11.3. The van der Waals surface area contributed by atoms with E-state index in [1.807, 2.05) is 0 Å². The van der Waals surface area contributed by atoms with Gasteiger partial charge in [-0.2, -0.15) is 0 Å². The van der Waals surface area contributed by atoms with Crippen LogP contribution in [0.5, 0.6) is 11.6 Å². The average molecular weight is 317 g/mol. The summed E-state index contributed by atoms with van der Waals surface area (Å²) in [5.74, 6) is 0.471. The summed E-state index contributed by atoms with van der Waals surface area (Å²) in [6.07, 6.45) is 1.24. The maximum atomic E-state index is 11.3. The molecule has 17 heavy (non-hydrogen) atoms. The van der Waals surface area contributed by atoms with Gasteiger partial charge in [0.1, 0.15) is 4.47 Å². The number of aromatic amines is 1. The van der Waals surface area contributed by atoms with Crippen molar-refractivity contribution >= 4 is 33.2 Å². The summed E-state index contributed by atoms with van der Waals surface area (Å²) in [6.45, 7) is 0. The number of benzene rings is 1. The monoisotopic (exact) mass is 315 g/mol. The van der Waals surface area contributed by atoms with Gasteiger partial charge in [-0.3, -0.25) is 4.79 Å². The SMILES string of the molecule is Nc1ccc(Cl)cc1Oc1nc[nH]c(=O)c1Br. The summed E-state index contributed by atoms with van der Waals surface area (Å²) >= 11 is 8.89. The molecular formula is C10H7BrClN3O2. The Bertz CT molecular complexity index is 615. The molecule has 0 radical (unpaired) electrons. The van der Waals surface area contributed by atoms with Crippen molar-refractivity contribution in [1.29, 1.82) is 0 Å². The van der Waals surface area contributed by atoms with Crippen LogP contribution in [-0.2, 0) is 0 Å². The fraction of sp³-hybridized carbons (Fsp3) is 0. The predicted molar refractivity (Wildman–Crippen MR) is 68.5 cm³/mol. The molecule has 88 valence electrons. The number of anilines is 1. The third-order valence-electron chi connectivity index (χ3n) is 1.95. The Labute approximate surface area is 110 Å². The molecule has 1 aromatic carbocycles. The van der Waals surface area contributed by atoms with Crippen molar-refractivity contribution in [1.82, 2.24) is 9.97 Å². The summed E-state index contributed by atoms with van der Waals surface area (Å²) in [5, 5.41) is 0.482. The number of nitrogens with two attached hydrogens (primary N) is 1. The highest BCUT2D eigenvalue weighted by Gasteiger charge is 2.10. The molecule has 7 heteroatoms. The average Bonchev–Trinajstić information content (AvgIpc) is 2.30. The van der Waals surface area contributed by atoms with Gasteiger partial charge in [-0.15, -0.1) is 0 Å². The Kier molecular flexibility index (Phi) is 3.35. The van der Waals surface area contributed by atoms with Crippen molar-refractivity contribution < 1.29 is 4.74 Å². The first kappa shape index (κ1) is 11.9. The lowest BCUT2D eigenvalue weighted by Gasteiger charge is -2.08. The van der Waals surface area contributed by atoms with Gasteiger partial charge in [0, 0.05) is 11.1 Å². The number of rotatable bonds is 2. The molecule has 0 amide bonds. The van der Waals surface area contributed by atoms with Crippen LogP contribution in [0.2, 0.25) is 5.02 Å². The van der Waals surface area contributed by atoms with Crippen LogP contribution in [0.25, 0.3) is 0 Å². The smallest absolute Gasteiger partial charge is 0.268 e. The summed E-state index contributed by atoms with van der Waals surface area (Å²) in [4.78, 5) is 17.6. The zero-order valence-corrected chi connectivity index (χ0v) is 10.7. The molecule has 0 bridgehead atoms. The van der Waals surface area contributed by atoms with E-state index in [0.717, 1.165) is 0 Å². The molecule has 0 aliphatic carbocycles. The van der Waals surface area contributed by atoms with Gasteiger partial charge in [-0.05, 0) is 28.1 Å². The quantitative estimate of drug-likeness (QED) is 0.834. The van der Waals surface area contributed by atoms with E-state index in [2.05, 4.69) is 25.9 Å². The Morgan fingerprint density at radius 3 is 3.00 bits per heavy atom. The Balaban J connectivity index is 2.41. The second-order valence-electron chi connectivity index (χ2n) is 3.14. The van der Waals surface area contributed by atoms with E-state index in [9.17, 15) is 4.79 Å². The van der Waals surface area contributed by atoms with Crippen LogP contribution in [0.4, 0.5) is 5.69 Å². The minimum Gasteiger partial charge on any atom is -0.435 e. The highest BCUT2D eigenvalue weighted by molar-refractivity contribution is 9.10. The van der Waals surface area contributed by atoms with Crippen LogP contribution in [-0.4, -0.2) is 9.97 Å². The Morgan fingerprint density at radius 2 is 2.24 bits per heavy atom. The number of aromatic nitrogens is 2. The number of nitrogens with one attached hydrogen (secondary N) is 1. The molecule has 0 unspecified atom stereocenters. The van der Waals surface area contributed by atoms with E-state index in [4.69, 9.17) is 22.1 Å². The maximum Gasteiger partial charge on any atom is 0.268 e. The van der Waals surface area contributed by atoms with Gasteiger partial charge in [-0.25, -0.2) is 4.98 Å². The molecule has 1 aromatic heterocycles. The zero-order valence-electron chi connectivity index (χ0n) is 8.41. The molecule has 1 heterocycles. The van der Waals surface area contributed by atoms with Crippen LogP contribution in [0.15, 0.2) is 33.8 Å². The number of H-pyrrole nitrogens is 1. The first-order valence-electron chi connectivity index (χ1n) is 4.54. The van der Waals surface area contributed by atoms with Crippen molar-refractivity contribution in [3.05, 3.63) is 44.4 Å². The third kappa shape index (κ3) is 2.59. The highest BCUT2D eigenvalue weighted by Crippen LogP contribution is 2.31. The van der Waals surface area contributed by atoms with Crippen molar-refractivity contribution in [2.75, 3.05) is 5.73 Å². The van der Waals surface area contributed by atoms with Crippen LogP contribution >= 0.6 is 27.5 Å². The van der Waals surface area contributed by atoms with Gasteiger partial charge in [0.05, 0.1) is 12.0 Å². The van der Waals surface area contributed by atoms with E-state index in [1.54, 1.807) is 18.2 Å². The number of nitrogen functional groups attached to an aromatic ring is 1. The minimum absolute atomic E-state index is 0.128. The van der Waals surface area contributed by atoms with Gasteiger partial charge in [0.15, 0.2) is 5.75 Å². The number of hydrogen-bond donors (Lipinski definition) is 2. The minimum atomic E-state index is -0.337. The molecule has 2 aromatic rings. The molecular weight excluding hydrogens is 309 g/mol. The topological polar surface area (TPSA) is 81.0 Å². The third-order valence-corrected chi connectivity index (χ3v) is 2.88. The van der Waals surface area contributed by atoms with Gasteiger partial charge >= 0.3 is 0 Å². The molecule has 0 aliphatic heterocycles. The molecule has 5 nitrogen and oxygen atoms in total. The molecule has 0 saturated heterocycles. The van der Waals surface area contributed by atoms with Gasteiger partial charge in [0.25, 0.3) is 5.56 Å². The van der Waals surface area contributed by atoms with Gasteiger partial charge < -0.3 is 15.5 Å². The molecule has 0 atom stereocenters. The first-order chi connectivity index (χ1) is 8.08. The largest absolute Gasteiger partial charge is 0.435 e. The number of hydrogen-bond acceptors (Lipinski definition) is 4. The van der Waals surface area contributed by atoms with Gasteiger partial charge in [0.2, 0.25) is 5.88 Å². The summed E-state index contributed by atoms with van der Waals surface area (Å²) in [7, 11) is 0. The lowest BCUT2D eigenvalue weighted by Crippen LogP contribution is -2.08. The lowest BCUT2D eigenvalue weighted by atomic mass is 10.3. The van der Waals surface area contributed by atoms with Crippen molar-refractivity contribution in [3.8, 4) is 11.6 Å². The number of ether oxygens (including phenoxy) is 1. The van der Waals surface area contributed by atoms with Crippen LogP contribution in [0.1, 0.15) is 0 Å². The van der Waals surface area contributed by atoms with Crippen LogP contribution in [0.3, 0.4) is 0 Å². The van der Waals surface area contributed by atoms with Crippen molar-refractivity contribution in [2.24, 2.45) is 0 Å². The standard InChI is InChI=1S/C10H7BrClN3O2/c11-8-9(16)14-4-15-10(8)17-7-3-5(12)1-2-6(7)13/h1-4H,13H2,(H,14,15,16). The van der Waals surface area contributed by atoms with Crippen molar-refractivity contribution in [3.63, 3.8) is 0 Å². The molecule has 2 rings (SSSR count). The second kappa shape index (κ2) is 4.77. The van der Waals surface area contributed by atoms with Crippen LogP contribution < -0.4 is 16.0 Å². The van der Waals surface area contributed by atoms with E-state index < -0.39 is 0 Å². The highest BCUT2D eigenvalue weighted by atomic mass is 79.9. The van der Waals surface area contributed by atoms with Crippen molar-refractivity contribution in [2.45, 2.75) is 0 Å². The summed E-state index contributed by atoms with van der Waals surface area (Å²) in [6, 6.07) is 4.80. The van der Waals surface area contributed by atoms with E-state index in [1.165, 1.54) is 6.33 Å². The molecule has 0 spiro atoms. The number of nitrogens with zero attached hydrogens (tertiary/aromatic N) is 1. The first-order valence-corrected chi connectivity index (χ1v) is 5.71. The number of halogens is 2. The van der Waals surface area contributed by atoms with Crippen LogP contribution in [0, 0.1) is 0 Å². The van der Waals surface area contributed by atoms with Gasteiger partial charge in [-0.1, -0.05) is 11.6 Å². The van der Waals surface area contributed by atoms with E-state index in [-0.39, 0.29) is 15.9 Å². The van der Waals surface area contributed by atoms with E-state index >= 15 is 0 Å². The molecule has 0 aliphatic rings. The fourth-order valence-electron chi connectivity index (χ4n) is 1.14. The summed E-state index contributed by atoms with van der Waals surface area (Å²) < 4.78 is 5.61. The second-order valence-corrected chi connectivity index (χ2v) is 4.36. The molecule has 0 saturated carbocycles. The zero-order chi connectivity index (χ0) is 12.4. The molecule has 0 fully saturated rings. The summed E-state index contributed by atoms with van der Waals surface area (Å²) in [5.41, 5.74) is 5.78. The normalized spacial score (nSPS) is 10.2. The molecule has 3 N–H and O–H groups in total. The fourth-order valence-corrected chi connectivity index (χ4v) is 1.60. The predicted octanol–water partition coefficient (Wildman–Crippen LogP) is 2.56. The Morgan fingerprint density at radius 1 is 1.47 bits per heavy atom. The van der Waals surface area contributed by atoms with E-state index in [0.29, 0.717) is 16.5 Å². The Hall–Kier alpha value is -1.53. The lowest BCUT2D eigenvalue weighted by molar-refractivity contribution is 0.459.